The highest BCUT2D eigenvalue weighted by molar-refractivity contribution is 6.30. The van der Waals surface area contributed by atoms with E-state index in [9.17, 15) is 0 Å². The molecule has 0 aliphatic rings. The normalized spacial score (nSPS) is 11.2. The molecular weight excluding hydrogens is 506 g/mol. The first kappa shape index (κ1) is 23.1. The van der Waals surface area contributed by atoms with E-state index in [1.807, 2.05) is 97.1 Å². The fraction of sp³-hybridized carbons (Fsp3) is 0. The summed E-state index contributed by atoms with van der Waals surface area (Å²) in [5.41, 5.74) is 4.10. The molecule has 0 aliphatic carbocycles. The predicted molar refractivity (Wildman–Crippen MR) is 155 cm³/mol. The summed E-state index contributed by atoms with van der Waals surface area (Å²) in [6, 6.07) is 38.9. The Bertz CT molecular complexity index is 1950. The van der Waals surface area contributed by atoms with Gasteiger partial charge in [-0.3, -0.25) is 0 Å². The zero-order valence-electron chi connectivity index (χ0n) is 20.6. The third-order valence-corrected chi connectivity index (χ3v) is 6.73. The van der Waals surface area contributed by atoms with Crippen LogP contribution in [-0.4, -0.2) is 15.0 Å². The van der Waals surface area contributed by atoms with E-state index >= 15 is 0 Å². The van der Waals surface area contributed by atoms with Crippen LogP contribution in [0.5, 0.6) is 11.5 Å². The van der Waals surface area contributed by atoms with Crippen LogP contribution in [0.1, 0.15) is 0 Å². The third-order valence-electron chi connectivity index (χ3n) is 6.47. The van der Waals surface area contributed by atoms with Crippen molar-refractivity contribution in [1.82, 2.24) is 15.0 Å². The minimum absolute atomic E-state index is 0.508. The lowest BCUT2D eigenvalue weighted by atomic mass is 10.1. The van der Waals surface area contributed by atoms with Gasteiger partial charge in [0.1, 0.15) is 22.7 Å². The van der Waals surface area contributed by atoms with E-state index in [4.69, 9.17) is 35.7 Å². The number of hydrogen-bond donors (Lipinski definition) is 0. The van der Waals surface area contributed by atoms with Crippen molar-refractivity contribution in [3.05, 3.63) is 126 Å². The first-order valence-electron chi connectivity index (χ1n) is 12.5. The number of rotatable bonds is 5. The maximum absolute atomic E-state index is 6.23. The van der Waals surface area contributed by atoms with Crippen LogP contribution in [0.3, 0.4) is 0 Å². The van der Waals surface area contributed by atoms with Gasteiger partial charge in [0, 0.05) is 26.9 Å². The summed E-state index contributed by atoms with van der Waals surface area (Å²) < 4.78 is 12.4. The average Bonchev–Trinajstić information content (AvgIpc) is 3.37. The molecule has 186 valence electrons. The van der Waals surface area contributed by atoms with E-state index in [0.29, 0.717) is 34.0 Å². The summed E-state index contributed by atoms with van der Waals surface area (Å²) >= 11 is 6.06. The first-order chi connectivity index (χ1) is 19.2. The van der Waals surface area contributed by atoms with Crippen LogP contribution in [0.4, 0.5) is 0 Å². The lowest BCUT2D eigenvalue weighted by Crippen LogP contribution is -2.01. The molecule has 5 aromatic carbocycles. The zero-order valence-corrected chi connectivity index (χ0v) is 21.3. The van der Waals surface area contributed by atoms with Crippen LogP contribution in [0.15, 0.2) is 126 Å². The standard InChI is InChI=1S/C33H20ClN3O2/c34-23-15-17-24(18-16-23)38-29-13-7-5-11-27(29)33-36-31(21-8-2-1-3-9-21)35-32(37-33)22-14-19-26-25-10-4-6-12-28(25)39-30(26)20-22/h1-20H. The Morgan fingerprint density at radius 1 is 0.538 bits per heavy atom. The summed E-state index contributed by atoms with van der Waals surface area (Å²) in [5.74, 6) is 2.92. The molecule has 0 spiro atoms. The Morgan fingerprint density at radius 2 is 1.21 bits per heavy atom. The minimum atomic E-state index is 0.508. The molecule has 7 aromatic rings. The molecule has 2 aromatic heterocycles. The van der Waals surface area contributed by atoms with Gasteiger partial charge in [-0.2, -0.15) is 0 Å². The number of para-hydroxylation sites is 2. The van der Waals surface area contributed by atoms with Crippen molar-refractivity contribution < 1.29 is 9.15 Å². The van der Waals surface area contributed by atoms with Crippen molar-refractivity contribution in [2.24, 2.45) is 0 Å². The number of hydrogen-bond acceptors (Lipinski definition) is 5. The summed E-state index contributed by atoms with van der Waals surface area (Å²) in [4.78, 5) is 14.6. The summed E-state index contributed by atoms with van der Waals surface area (Å²) in [6.07, 6.45) is 0. The third kappa shape index (κ3) is 4.49. The molecule has 0 saturated heterocycles. The zero-order chi connectivity index (χ0) is 26.2. The highest BCUT2D eigenvalue weighted by Crippen LogP contribution is 2.35. The maximum atomic E-state index is 6.23. The van der Waals surface area contributed by atoms with E-state index < -0.39 is 0 Å². The molecule has 0 saturated carbocycles. The second kappa shape index (κ2) is 9.71. The monoisotopic (exact) mass is 525 g/mol. The maximum Gasteiger partial charge on any atom is 0.167 e. The molecule has 7 rings (SSSR count). The molecule has 0 radical (unpaired) electrons. The van der Waals surface area contributed by atoms with Gasteiger partial charge in [0.2, 0.25) is 0 Å². The van der Waals surface area contributed by atoms with Crippen molar-refractivity contribution in [3.8, 4) is 45.7 Å². The second-order valence-electron chi connectivity index (χ2n) is 9.03. The Balaban J connectivity index is 1.38. The van der Waals surface area contributed by atoms with Crippen molar-refractivity contribution in [2.75, 3.05) is 0 Å². The number of fused-ring (bicyclic) bond motifs is 3. The lowest BCUT2D eigenvalue weighted by molar-refractivity contribution is 0.484. The van der Waals surface area contributed by atoms with Gasteiger partial charge in [0.05, 0.1) is 5.56 Å². The van der Waals surface area contributed by atoms with Gasteiger partial charge in [0.25, 0.3) is 0 Å². The predicted octanol–water partition coefficient (Wildman–Crippen LogP) is 9.22. The number of halogens is 1. The highest BCUT2D eigenvalue weighted by Gasteiger charge is 2.17. The molecule has 0 bridgehead atoms. The number of furan rings is 1. The summed E-state index contributed by atoms with van der Waals surface area (Å²) in [6.45, 7) is 0. The van der Waals surface area contributed by atoms with E-state index in [0.717, 1.165) is 38.6 Å². The molecule has 5 nitrogen and oxygen atoms in total. The van der Waals surface area contributed by atoms with Gasteiger partial charge in [-0.15, -0.1) is 0 Å². The Hall–Kier alpha value is -5.00. The smallest absolute Gasteiger partial charge is 0.167 e. The first-order valence-corrected chi connectivity index (χ1v) is 12.8. The average molecular weight is 526 g/mol. The molecule has 0 aliphatic heterocycles. The molecule has 0 amide bonds. The van der Waals surface area contributed by atoms with E-state index in [2.05, 4.69) is 12.1 Å². The van der Waals surface area contributed by atoms with Crippen LogP contribution in [0.25, 0.3) is 56.1 Å². The summed E-state index contributed by atoms with van der Waals surface area (Å²) in [7, 11) is 0. The Morgan fingerprint density at radius 3 is 2.05 bits per heavy atom. The van der Waals surface area contributed by atoms with Crippen LogP contribution in [-0.2, 0) is 0 Å². The highest BCUT2D eigenvalue weighted by atomic mass is 35.5. The van der Waals surface area contributed by atoms with Crippen LogP contribution < -0.4 is 4.74 Å². The molecular formula is C33H20ClN3O2. The largest absolute Gasteiger partial charge is 0.457 e. The minimum Gasteiger partial charge on any atom is -0.457 e. The Labute approximate surface area is 229 Å². The molecule has 0 N–H and O–H groups in total. The molecule has 0 fully saturated rings. The van der Waals surface area contributed by atoms with Crippen LogP contribution in [0, 0.1) is 0 Å². The molecule has 6 heteroatoms. The van der Waals surface area contributed by atoms with E-state index in [1.165, 1.54) is 0 Å². The van der Waals surface area contributed by atoms with Crippen molar-refractivity contribution in [1.29, 1.82) is 0 Å². The fourth-order valence-electron chi connectivity index (χ4n) is 4.58. The van der Waals surface area contributed by atoms with Crippen LogP contribution in [0.2, 0.25) is 5.02 Å². The van der Waals surface area contributed by atoms with Gasteiger partial charge in [-0.25, -0.2) is 15.0 Å². The van der Waals surface area contributed by atoms with Gasteiger partial charge in [-0.05, 0) is 54.6 Å². The fourth-order valence-corrected chi connectivity index (χ4v) is 4.70. The summed E-state index contributed by atoms with van der Waals surface area (Å²) in [5, 5.41) is 2.77. The van der Waals surface area contributed by atoms with Gasteiger partial charge >= 0.3 is 0 Å². The Kier molecular flexibility index (Phi) is 5.76. The van der Waals surface area contributed by atoms with Crippen molar-refractivity contribution in [3.63, 3.8) is 0 Å². The van der Waals surface area contributed by atoms with Gasteiger partial charge in [-0.1, -0.05) is 78.3 Å². The number of benzene rings is 5. The van der Waals surface area contributed by atoms with Crippen molar-refractivity contribution >= 4 is 33.5 Å². The van der Waals surface area contributed by atoms with Gasteiger partial charge in [0.15, 0.2) is 17.5 Å². The topological polar surface area (TPSA) is 61.0 Å². The van der Waals surface area contributed by atoms with E-state index in [1.54, 1.807) is 12.1 Å². The second-order valence-corrected chi connectivity index (χ2v) is 9.47. The number of nitrogens with zero attached hydrogens (tertiary/aromatic N) is 3. The van der Waals surface area contributed by atoms with E-state index in [-0.39, 0.29) is 0 Å². The molecule has 39 heavy (non-hydrogen) atoms. The van der Waals surface area contributed by atoms with Gasteiger partial charge < -0.3 is 9.15 Å². The molecule has 0 atom stereocenters. The van der Waals surface area contributed by atoms with Crippen molar-refractivity contribution in [2.45, 2.75) is 0 Å². The molecule has 2 heterocycles. The number of ether oxygens (including phenoxy) is 1. The van der Waals surface area contributed by atoms with Crippen LogP contribution >= 0.6 is 11.6 Å². The lowest BCUT2D eigenvalue weighted by Gasteiger charge is -2.12. The number of aromatic nitrogens is 3. The quantitative estimate of drug-likeness (QED) is 0.224. The SMILES string of the molecule is Clc1ccc(Oc2ccccc2-c2nc(-c3ccccc3)nc(-c3ccc4c(c3)oc3ccccc34)n2)cc1. The molecule has 0 unspecified atom stereocenters.